The monoisotopic (exact) mass is 427 g/mol. The molecule has 0 unspecified atom stereocenters. The second kappa shape index (κ2) is 9.34. The Morgan fingerprint density at radius 2 is 1.87 bits per heavy atom. The fraction of sp³-hybridized carbons (Fsp3) is 0.227. The molecule has 3 rings (SSSR count). The Bertz CT molecular complexity index is 1090. The van der Waals surface area contributed by atoms with Crippen molar-refractivity contribution in [3.8, 4) is 23.1 Å². The average Bonchev–Trinajstić information content (AvgIpc) is 2.72. The topological polar surface area (TPSA) is 82.9 Å². The molecule has 0 aliphatic heterocycles. The van der Waals surface area contributed by atoms with Gasteiger partial charge in [-0.2, -0.15) is 10.2 Å². The van der Waals surface area contributed by atoms with Gasteiger partial charge in [0.25, 0.3) is 0 Å². The predicted octanol–water partition coefficient (Wildman–Crippen LogP) is 5.87. The smallest absolute Gasteiger partial charge is 0.406 e. The van der Waals surface area contributed by atoms with Gasteiger partial charge in [-0.1, -0.05) is 25.1 Å². The van der Waals surface area contributed by atoms with Crippen LogP contribution >= 0.6 is 0 Å². The summed E-state index contributed by atoms with van der Waals surface area (Å²) in [6, 6.07) is 16.2. The molecule has 0 saturated carbocycles. The summed E-state index contributed by atoms with van der Waals surface area (Å²) in [6.07, 6.45) is -3.96. The van der Waals surface area contributed by atoms with Crippen molar-refractivity contribution in [2.75, 3.05) is 10.6 Å². The van der Waals surface area contributed by atoms with Gasteiger partial charge in [0.1, 0.15) is 11.6 Å². The van der Waals surface area contributed by atoms with Gasteiger partial charge >= 0.3 is 6.36 Å². The van der Waals surface area contributed by atoms with E-state index >= 15 is 0 Å². The van der Waals surface area contributed by atoms with Gasteiger partial charge in [0.2, 0.25) is 5.95 Å². The number of nitriles is 1. The van der Waals surface area contributed by atoms with Gasteiger partial charge in [0.05, 0.1) is 17.3 Å². The zero-order valence-corrected chi connectivity index (χ0v) is 16.9. The van der Waals surface area contributed by atoms with Gasteiger partial charge in [-0.3, -0.25) is 0 Å². The van der Waals surface area contributed by atoms with Crippen LogP contribution in [-0.4, -0.2) is 22.4 Å². The van der Waals surface area contributed by atoms with E-state index in [1.165, 1.54) is 18.2 Å². The molecule has 0 aliphatic carbocycles. The second-order valence-electron chi connectivity index (χ2n) is 6.81. The largest absolute Gasteiger partial charge is 0.573 e. The molecule has 1 heterocycles. The molecule has 0 bridgehead atoms. The first-order valence-corrected chi connectivity index (χ1v) is 9.54. The number of hydrogen-bond donors (Lipinski definition) is 2. The Hall–Kier alpha value is -3.80. The first kappa shape index (κ1) is 21.9. The third-order valence-electron chi connectivity index (χ3n) is 4.34. The second-order valence-corrected chi connectivity index (χ2v) is 6.81. The van der Waals surface area contributed by atoms with Crippen LogP contribution in [0.1, 0.15) is 25.8 Å². The average molecular weight is 427 g/mol. The van der Waals surface area contributed by atoms with Crippen molar-refractivity contribution in [3.05, 3.63) is 60.2 Å². The quantitative estimate of drug-likeness (QED) is 0.491. The fourth-order valence-electron chi connectivity index (χ4n) is 2.71. The SMILES string of the molecule is CC[C@@H](C)Nc1nc(Nc2cccc(C#N)c2)cc(-c2cccc(OC(F)(F)F)c2)n1. The number of anilines is 3. The number of rotatable bonds is 7. The Morgan fingerprint density at radius 1 is 1.10 bits per heavy atom. The van der Waals surface area contributed by atoms with Crippen LogP contribution in [0.2, 0.25) is 0 Å². The highest BCUT2D eigenvalue weighted by molar-refractivity contribution is 5.68. The summed E-state index contributed by atoms with van der Waals surface area (Å²) < 4.78 is 41.8. The molecule has 0 aliphatic rings. The van der Waals surface area contributed by atoms with Crippen molar-refractivity contribution in [1.82, 2.24) is 9.97 Å². The molecule has 0 fully saturated rings. The van der Waals surface area contributed by atoms with Crippen LogP contribution in [-0.2, 0) is 0 Å². The Morgan fingerprint density at radius 3 is 2.58 bits per heavy atom. The maximum Gasteiger partial charge on any atom is 0.573 e. The maximum atomic E-state index is 12.6. The standard InChI is InChI=1S/C22H20F3N5O/c1-3-14(2)27-21-29-19(16-7-5-9-18(11-16)31-22(23,24)25)12-20(30-21)28-17-8-4-6-15(10-17)13-26/h4-12,14H,3H2,1-2H3,(H2,27,28,29,30)/t14-/m1/s1. The number of nitrogens with one attached hydrogen (secondary N) is 2. The minimum atomic E-state index is -4.79. The molecule has 0 saturated heterocycles. The molecule has 1 atom stereocenters. The van der Waals surface area contributed by atoms with Crippen LogP contribution in [0, 0.1) is 11.3 Å². The zero-order chi connectivity index (χ0) is 22.4. The van der Waals surface area contributed by atoms with E-state index in [1.807, 2.05) is 13.8 Å². The lowest BCUT2D eigenvalue weighted by Gasteiger charge is -2.15. The van der Waals surface area contributed by atoms with Crippen LogP contribution in [0.15, 0.2) is 54.6 Å². The molecule has 6 nitrogen and oxygen atoms in total. The van der Waals surface area contributed by atoms with Gasteiger partial charge in [-0.25, -0.2) is 4.98 Å². The van der Waals surface area contributed by atoms with Crippen LogP contribution in [0.4, 0.5) is 30.6 Å². The van der Waals surface area contributed by atoms with Crippen molar-refractivity contribution in [1.29, 1.82) is 5.26 Å². The van der Waals surface area contributed by atoms with E-state index in [2.05, 4.69) is 31.4 Å². The van der Waals surface area contributed by atoms with Gasteiger partial charge in [-0.05, 0) is 43.7 Å². The predicted molar refractivity (Wildman–Crippen MR) is 112 cm³/mol. The van der Waals surface area contributed by atoms with E-state index in [0.29, 0.717) is 34.3 Å². The molecular weight excluding hydrogens is 407 g/mol. The van der Waals surface area contributed by atoms with Crippen molar-refractivity contribution < 1.29 is 17.9 Å². The fourth-order valence-corrected chi connectivity index (χ4v) is 2.71. The zero-order valence-electron chi connectivity index (χ0n) is 16.9. The number of hydrogen-bond acceptors (Lipinski definition) is 6. The van der Waals surface area contributed by atoms with Gasteiger partial charge < -0.3 is 15.4 Å². The molecule has 0 spiro atoms. The van der Waals surface area contributed by atoms with Crippen LogP contribution < -0.4 is 15.4 Å². The molecule has 2 N–H and O–H groups in total. The number of ether oxygens (including phenoxy) is 1. The number of nitrogens with zero attached hydrogens (tertiary/aromatic N) is 3. The summed E-state index contributed by atoms with van der Waals surface area (Å²) >= 11 is 0. The molecule has 160 valence electrons. The normalized spacial score (nSPS) is 12.0. The van der Waals surface area contributed by atoms with E-state index in [9.17, 15) is 13.2 Å². The van der Waals surface area contributed by atoms with Crippen molar-refractivity contribution in [2.45, 2.75) is 32.7 Å². The molecule has 0 radical (unpaired) electrons. The number of alkyl halides is 3. The summed E-state index contributed by atoms with van der Waals surface area (Å²) in [4.78, 5) is 8.91. The highest BCUT2D eigenvalue weighted by atomic mass is 19.4. The lowest BCUT2D eigenvalue weighted by molar-refractivity contribution is -0.274. The summed E-state index contributed by atoms with van der Waals surface area (Å²) in [7, 11) is 0. The third-order valence-corrected chi connectivity index (χ3v) is 4.34. The number of halogens is 3. The summed E-state index contributed by atoms with van der Waals surface area (Å²) in [6.45, 7) is 3.98. The van der Waals surface area contributed by atoms with Gasteiger partial charge in [0, 0.05) is 23.4 Å². The first-order valence-electron chi connectivity index (χ1n) is 9.54. The third kappa shape index (κ3) is 6.34. The molecule has 1 aromatic heterocycles. The number of aromatic nitrogens is 2. The minimum Gasteiger partial charge on any atom is -0.406 e. The van der Waals surface area contributed by atoms with E-state index in [-0.39, 0.29) is 11.8 Å². The van der Waals surface area contributed by atoms with E-state index in [1.54, 1.807) is 36.4 Å². The summed E-state index contributed by atoms with van der Waals surface area (Å²) in [5.41, 5.74) is 1.97. The van der Waals surface area contributed by atoms with Crippen molar-refractivity contribution >= 4 is 17.5 Å². The van der Waals surface area contributed by atoms with Crippen LogP contribution in [0.3, 0.4) is 0 Å². The van der Waals surface area contributed by atoms with Gasteiger partial charge in [-0.15, -0.1) is 13.2 Å². The lowest BCUT2D eigenvalue weighted by Crippen LogP contribution is -2.17. The molecule has 3 aromatic rings. The maximum absolute atomic E-state index is 12.6. The lowest BCUT2D eigenvalue weighted by atomic mass is 10.1. The number of benzene rings is 2. The molecule has 31 heavy (non-hydrogen) atoms. The van der Waals surface area contributed by atoms with E-state index in [4.69, 9.17) is 5.26 Å². The molecule has 0 amide bonds. The molecular formula is C22H20F3N5O. The Kier molecular flexibility index (Phi) is 6.60. The first-order chi connectivity index (χ1) is 14.8. The minimum absolute atomic E-state index is 0.0879. The van der Waals surface area contributed by atoms with Crippen LogP contribution in [0.25, 0.3) is 11.3 Å². The van der Waals surface area contributed by atoms with E-state index < -0.39 is 6.36 Å². The van der Waals surface area contributed by atoms with Gasteiger partial charge in [0.15, 0.2) is 0 Å². The summed E-state index contributed by atoms with van der Waals surface area (Å²) in [5.74, 6) is 0.414. The molecule has 2 aromatic carbocycles. The Balaban J connectivity index is 1.99. The van der Waals surface area contributed by atoms with Crippen LogP contribution in [0.5, 0.6) is 5.75 Å². The van der Waals surface area contributed by atoms with Crippen molar-refractivity contribution in [2.24, 2.45) is 0 Å². The van der Waals surface area contributed by atoms with Crippen molar-refractivity contribution in [3.63, 3.8) is 0 Å². The highest BCUT2D eigenvalue weighted by Crippen LogP contribution is 2.29. The Labute approximate surface area is 177 Å². The molecule has 9 heteroatoms. The van der Waals surface area contributed by atoms with E-state index in [0.717, 1.165) is 6.42 Å². The summed E-state index contributed by atoms with van der Waals surface area (Å²) in [5, 5.41) is 15.4. The highest BCUT2D eigenvalue weighted by Gasteiger charge is 2.31.